The molecule has 0 aromatic heterocycles. The van der Waals surface area contributed by atoms with E-state index < -0.39 is 5.97 Å². The third-order valence-corrected chi connectivity index (χ3v) is 5.24. The Labute approximate surface area is 197 Å². The maximum Gasteiger partial charge on any atom is 0.363 e. The molecule has 3 aromatic carbocycles. The van der Waals surface area contributed by atoms with Crippen molar-refractivity contribution in [1.82, 2.24) is 0 Å². The van der Waals surface area contributed by atoms with Crippen LogP contribution >= 0.6 is 11.6 Å². The Kier molecular flexibility index (Phi) is 6.95. The standard InChI is InChI=1S/C26H22ClNO5/c1-3-31-22-11-7-5-9-19(22)25-28-21(26(29)33-25)14-17-12-13-23(24(15-17)30-2)32-16-18-8-4-6-10-20(18)27/h4-15H,3,16H2,1-2H3. The summed E-state index contributed by atoms with van der Waals surface area (Å²) in [5.74, 6) is 1.36. The van der Waals surface area contributed by atoms with E-state index >= 15 is 0 Å². The number of para-hydroxylation sites is 1. The number of nitrogens with zero attached hydrogens (tertiary/aromatic N) is 1. The van der Waals surface area contributed by atoms with E-state index in [4.69, 9.17) is 30.5 Å². The summed E-state index contributed by atoms with van der Waals surface area (Å²) >= 11 is 6.20. The summed E-state index contributed by atoms with van der Waals surface area (Å²) in [5.41, 5.74) is 2.39. The molecule has 168 valence electrons. The monoisotopic (exact) mass is 463 g/mol. The van der Waals surface area contributed by atoms with E-state index in [0.29, 0.717) is 46.6 Å². The summed E-state index contributed by atoms with van der Waals surface area (Å²) in [6.07, 6.45) is 1.64. The van der Waals surface area contributed by atoms with Crippen LogP contribution in [0.25, 0.3) is 6.08 Å². The first kappa shape index (κ1) is 22.4. The lowest BCUT2D eigenvalue weighted by molar-refractivity contribution is -0.129. The molecule has 0 atom stereocenters. The van der Waals surface area contributed by atoms with Crippen molar-refractivity contribution in [3.8, 4) is 17.2 Å². The van der Waals surface area contributed by atoms with Gasteiger partial charge >= 0.3 is 5.97 Å². The highest BCUT2D eigenvalue weighted by Gasteiger charge is 2.26. The van der Waals surface area contributed by atoms with Crippen molar-refractivity contribution in [2.75, 3.05) is 13.7 Å². The van der Waals surface area contributed by atoms with Gasteiger partial charge in [-0.1, -0.05) is 48.0 Å². The molecule has 0 fully saturated rings. The second kappa shape index (κ2) is 10.2. The third kappa shape index (κ3) is 5.18. The minimum atomic E-state index is -0.533. The van der Waals surface area contributed by atoms with Gasteiger partial charge in [-0.2, -0.15) is 0 Å². The van der Waals surface area contributed by atoms with Crippen molar-refractivity contribution in [3.63, 3.8) is 0 Å². The van der Waals surface area contributed by atoms with Gasteiger partial charge in [0.25, 0.3) is 0 Å². The molecule has 0 bridgehead atoms. The van der Waals surface area contributed by atoms with Gasteiger partial charge in [0.2, 0.25) is 5.90 Å². The number of carbonyl (C=O) groups is 1. The Hall–Kier alpha value is -3.77. The zero-order valence-corrected chi connectivity index (χ0v) is 19.0. The highest BCUT2D eigenvalue weighted by molar-refractivity contribution is 6.31. The van der Waals surface area contributed by atoms with Gasteiger partial charge in [0, 0.05) is 10.6 Å². The van der Waals surface area contributed by atoms with Crippen molar-refractivity contribution < 1.29 is 23.7 Å². The largest absolute Gasteiger partial charge is 0.493 e. The molecular formula is C26H22ClNO5. The normalized spacial score (nSPS) is 14.1. The van der Waals surface area contributed by atoms with Gasteiger partial charge in [0.05, 0.1) is 19.3 Å². The van der Waals surface area contributed by atoms with Crippen LogP contribution in [0.3, 0.4) is 0 Å². The number of carbonyl (C=O) groups excluding carboxylic acids is 1. The van der Waals surface area contributed by atoms with Gasteiger partial charge in [-0.05, 0) is 48.9 Å². The van der Waals surface area contributed by atoms with E-state index in [1.54, 1.807) is 31.4 Å². The van der Waals surface area contributed by atoms with Gasteiger partial charge in [-0.15, -0.1) is 0 Å². The SMILES string of the molecule is CCOc1ccccc1C1=NC(=Cc2ccc(OCc3ccccc3Cl)c(OC)c2)C(=O)O1. The molecule has 0 spiro atoms. The van der Waals surface area contributed by atoms with Gasteiger partial charge in [0.15, 0.2) is 17.2 Å². The van der Waals surface area contributed by atoms with Crippen LogP contribution < -0.4 is 14.2 Å². The highest BCUT2D eigenvalue weighted by Crippen LogP contribution is 2.31. The van der Waals surface area contributed by atoms with E-state index in [1.807, 2.05) is 55.5 Å². The maximum absolute atomic E-state index is 12.4. The quantitative estimate of drug-likeness (QED) is 0.318. The number of cyclic esters (lactones) is 1. The van der Waals surface area contributed by atoms with Crippen molar-refractivity contribution in [2.24, 2.45) is 4.99 Å². The lowest BCUT2D eigenvalue weighted by atomic mass is 10.1. The summed E-state index contributed by atoms with van der Waals surface area (Å²) in [6, 6.07) is 20.1. The number of hydrogen-bond acceptors (Lipinski definition) is 6. The smallest absolute Gasteiger partial charge is 0.363 e. The zero-order valence-electron chi connectivity index (χ0n) is 18.2. The Morgan fingerprint density at radius 1 is 0.970 bits per heavy atom. The van der Waals surface area contributed by atoms with Crippen molar-refractivity contribution in [3.05, 3.63) is 94.1 Å². The molecule has 0 saturated carbocycles. The van der Waals surface area contributed by atoms with Gasteiger partial charge < -0.3 is 18.9 Å². The lowest BCUT2D eigenvalue weighted by Crippen LogP contribution is -2.07. The predicted molar refractivity (Wildman–Crippen MR) is 127 cm³/mol. The number of rotatable bonds is 8. The fraction of sp³-hybridized carbons (Fsp3) is 0.154. The molecule has 0 N–H and O–H groups in total. The first-order valence-electron chi connectivity index (χ1n) is 10.4. The summed E-state index contributed by atoms with van der Waals surface area (Å²) < 4.78 is 22.4. The van der Waals surface area contributed by atoms with Crippen molar-refractivity contribution in [2.45, 2.75) is 13.5 Å². The van der Waals surface area contributed by atoms with Crippen molar-refractivity contribution in [1.29, 1.82) is 0 Å². The molecule has 1 aliphatic rings. The number of aliphatic imine (C=N–C) groups is 1. The molecule has 0 aliphatic carbocycles. The number of hydrogen-bond donors (Lipinski definition) is 0. The highest BCUT2D eigenvalue weighted by atomic mass is 35.5. The fourth-order valence-corrected chi connectivity index (χ4v) is 3.46. The van der Waals surface area contributed by atoms with E-state index in [9.17, 15) is 4.79 Å². The number of esters is 1. The van der Waals surface area contributed by atoms with Crippen LogP contribution in [0.4, 0.5) is 0 Å². The van der Waals surface area contributed by atoms with Crippen LogP contribution in [0.5, 0.6) is 17.2 Å². The van der Waals surface area contributed by atoms with Gasteiger partial charge in [-0.25, -0.2) is 9.79 Å². The Morgan fingerprint density at radius 3 is 2.55 bits per heavy atom. The average Bonchev–Trinajstić information content (AvgIpc) is 3.19. The topological polar surface area (TPSA) is 66.3 Å². The summed E-state index contributed by atoms with van der Waals surface area (Å²) in [5, 5.41) is 0.636. The van der Waals surface area contributed by atoms with E-state index in [-0.39, 0.29) is 11.6 Å². The molecule has 0 saturated heterocycles. The molecule has 4 rings (SSSR count). The van der Waals surface area contributed by atoms with Crippen LogP contribution in [-0.4, -0.2) is 25.6 Å². The zero-order chi connectivity index (χ0) is 23.2. The number of halogens is 1. The lowest BCUT2D eigenvalue weighted by Gasteiger charge is -2.12. The van der Waals surface area contributed by atoms with Gasteiger partial charge in [0.1, 0.15) is 12.4 Å². The second-order valence-electron chi connectivity index (χ2n) is 7.06. The first-order chi connectivity index (χ1) is 16.1. The molecule has 6 nitrogen and oxygen atoms in total. The van der Waals surface area contributed by atoms with E-state index in [0.717, 1.165) is 5.56 Å². The number of methoxy groups -OCH3 is 1. The van der Waals surface area contributed by atoms with Crippen LogP contribution in [0.1, 0.15) is 23.6 Å². The third-order valence-electron chi connectivity index (χ3n) is 4.87. The van der Waals surface area contributed by atoms with Crippen LogP contribution in [0.15, 0.2) is 77.4 Å². The molecule has 7 heteroatoms. The number of benzene rings is 3. The molecule has 1 heterocycles. The van der Waals surface area contributed by atoms with E-state index in [2.05, 4.69) is 4.99 Å². The molecule has 0 amide bonds. The first-order valence-corrected chi connectivity index (χ1v) is 10.8. The minimum absolute atomic E-state index is 0.183. The van der Waals surface area contributed by atoms with Gasteiger partial charge in [-0.3, -0.25) is 0 Å². The molecule has 1 aliphatic heterocycles. The molecule has 0 unspecified atom stereocenters. The average molecular weight is 464 g/mol. The predicted octanol–water partition coefficient (Wildman–Crippen LogP) is 5.67. The Balaban J connectivity index is 1.56. The van der Waals surface area contributed by atoms with Crippen molar-refractivity contribution >= 4 is 29.5 Å². The fourth-order valence-electron chi connectivity index (χ4n) is 3.27. The molecule has 33 heavy (non-hydrogen) atoms. The molecule has 0 radical (unpaired) electrons. The molecular weight excluding hydrogens is 442 g/mol. The Bertz CT molecular complexity index is 1230. The second-order valence-corrected chi connectivity index (χ2v) is 7.46. The molecule has 3 aromatic rings. The summed E-state index contributed by atoms with van der Waals surface area (Å²) in [4.78, 5) is 16.8. The van der Waals surface area contributed by atoms with Crippen LogP contribution in [0.2, 0.25) is 5.02 Å². The number of ether oxygens (including phenoxy) is 4. The minimum Gasteiger partial charge on any atom is -0.493 e. The van der Waals surface area contributed by atoms with E-state index in [1.165, 1.54) is 0 Å². The Morgan fingerprint density at radius 2 is 1.76 bits per heavy atom. The van der Waals surface area contributed by atoms with Crippen LogP contribution in [-0.2, 0) is 16.1 Å². The maximum atomic E-state index is 12.4. The summed E-state index contributed by atoms with van der Waals surface area (Å²) in [7, 11) is 1.55. The summed E-state index contributed by atoms with van der Waals surface area (Å²) in [6.45, 7) is 2.68. The van der Waals surface area contributed by atoms with Crippen LogP contribution in [0, 0.1) is 0 Å².